The van der Waals surface area contributed by atoms with Crippen LogP contribution in [0.1, 0.15) is 97.6 Å². The first-order valence-electron chi connectivity index (χ1n) is 13.5. The maximum Gasteiger partial charge on any atom is 0.240 e. The van der Waals surface area contributed by atoms with Crippen LogP contribution in [-0.2, 0) is 35.3 Å². The Morgan fingerprint density at radius 1 is 0.611 bits per heavy atom. The summed E-state index contributed by atoms with van der Waals surface area (Å²) in [6.45, 7) is 0. The van der Waals surface area contributed by atoms with E-state index < -0.39 is 0 Å². The minimum Gasteiger partial charge on any atom is -0.273 e. The van der Waals surface area contributed by atoms with Crippen LogP contribution in [0.3, 0.4) is 0 Å². The predicted molar refractivity (Wildman–Crippen MR) is 145 cm³/mol. The van der Waals surface area contributed by atoms with Gasteiger partial charge in [-0.3, -0.25) is 9.59 Å². The number of fused-ring (bicyclic) bond motifs is 2. The molecule has 36 heavy (non-hydrogen) atoms. The summed E-state index contributed by atoms with van der Waals surface area (Å²) < 4.78 is 0. The molecule has 0 aliphatic heterocycles. The molecule has 6 nitrogen and oxygen atoms in total. The molecular formula is C30H38N4O2. The summed E-state index contributed by atoms with van der Waals surface area (Å²) in [5.74, 6) is -0.0750. The number of hydrazone groups is 2. The lowest BCUT2D eigenvalue weighted by atomic mass is 10.1. The van der Waals surface area contributed by atoms with E-state index in [0.29, 0.717) is 12.8 Å². The van der Waals surface area contributed by atoms with E-state index in [2.05, 4.69) is 57.5 Å². The first-order valence-corrected chi connectivity index (χ1v) is 13.5. The van der Waals surface area contributed by atoms with Crippen LogP contribution in [0.25, 0.3) is 0 Å². The number of hydrogen-bond donors (Lipinski definition) is 2. The van der Waals surface area contributed by atoms with E-state index in [0.717, 1.165) is 62.5 Å². The van der Waals surface area contributed by atoms with E-state index >= 15 is 0 Å². The fraction of sp³-hybridized carbons (Fsp3) is 0.467. The number of aryl methyl sites for hydroxylation is 4. The van der Waals surface area contributed by atoms with Crippen molar-refractivity contribution in [3.05, 3.63) is 69.8 Å². The fourth-order valence-corrected chi connectivity index (χ4v) is 5.09. The molecule has 0 bridgehead atoms. The van der Waals surface area contributed by atoms with E-state index in [9.17, 15) is 9.59 Å². The summed E-state index contributed by atoms with van der Waals surface area (Å²) >= 11 is 0. The second-order valence-electron chi connectivity index (χ2n) is 9.97. The number of carbonyl (C=O) groups is 2. The van der Waals surface area contributed by atoms with Crippen LogP contribution in [0, 0.1) is 0 Å². The lowest BCUT2D eigenvalue weighted by Gasteiger charge is -2.03. The van der Waals surface area contributed by atoms with Crippen LogP contribution in [0.5, 0.6) is 0 Å². The zero-order valence-corrected chi connectivity index (χ0v) is 21.2. The van der Waals surface area contributed by atoms with Crippen molar-refractivity contribution in [2.24, 2.45) is 10.2 Å². The van der Waals surface area contributed by atoms with Crippen LogP contribution in [0.4, 0.5) is 0 Å². The normalized spacial score (nSPS) is 14.3. The highest BCUT2D eigenvalue weighted by molar-refractivity contribution is 5.83. The number of unbranched alkanes of at least 4 members (excludes halogenated alkanes) is 5. The first-order chi connectivity index (χ1) is 17.7. The second-order valence-corrected chi connectivity index (χ2v) is 9.97. The number of hydrogen-bond acceptors (Lipinski definition) is 4. The van der Waals surface area contributed by atoms with Crippen molar-refractivity contribution in [2.45, 2.75) is 89.9 Å². The van der Waals surface area contributed by atoms with E-state index in [1.807, 2.05) is 0 Å². The van der Waals surface area contributed by atoms with E-state index in [1.165, 1.54) is 47.9 Å². The molecule has 0 unspecified atom stereocenters. The number of nitrogens with one attached hydrogen (secondary N) is 2. The number of nitrogens with zero attached hydrogens (tertiary/aromatic N) is 2. The largest absolute Gasteiger partial charge is 0.273 e. The van der Waals surface area contributed by atoms with Crippen LogP contribution < -0.4 is 10.9 Å². The third-order valence-electron chi connectivity index (χ3n) is 7.11. The SMILES string of the molecule is O=C(CCCCCCCCC(=O)N/N=C\c1ccc2c(c1)CCC2)N/N=C\c1ccc2c(c1)CCC2. The maximum atomic E-state index is 12.0. The van der Waals surface area contributed by atoms with E-state index in [4.69, 9.17) is 0 Å². The number of rotatable bonds is 13. The molecule has 0 heterocycles. The molecule has 2 aliphatic carbocycles. The molecule has 0 saturated heterocycles. The molecule has 0 radical (unpaired) electrons. The molecule has 0 spiro atoms. The molecule has 2 N–H and O–H groups in total. The summed E-state index contributed by atoms with van der Waals surface area (Å²) in [6, 6.07) is 12.8. The Bertz CT molecular complexity index is 1020. The minimum atomic E-state index is -0.0375. The number of amides is 2. The van der Waals surface area contributed by atoms with Gasteiger partial charge in [-0.2, -0.15) is 10.2 Å². The topological polar surface area (TPSA) is 82.9 Å². The summed E-state index contributed by atoms with van der Waals surface area (Å²) in [5, 5.41) is 8.21. The highest BCUT2D eigenvalue weighted by Gasteiger charge is 2.11. The van der Waals surface area contributed by atoms with Gasteiger partial charge in [-0.25, -0.2) is 10.9 Å². The lowest BCUT2D eigenvalue weighted by Crippen LogP contribution is -2.17. The van der Waals surface area contributed by atoms with Gasteiger partial charge in [-0.05, 0) is 96.9 Å². The number of benzene rings is 2. The molecule has 2 aromatic carbocycles. The quantitative estimate of drug-likeness (QED) is 0.226. The van der Waals surface area contributed by atoms with Gasteiger partial charge in [-0.1, -0.05) is 49.9 Å². The van der Waals surface area contributed by atoms with Gasteiger partial charge in [0.15, 0.2) is 0 Å². The van der Waals surface area contributed by atoms with Crippen molar-refractivity contribution in [1.82, 2.24) is 10.9 Å². The van der Waals surface area contributed by atoms with Gasteiger partial charge in [0, 0.05) is 12.8 Å². The van der Waals surface area contributed by atoms with E-state index in [-0.39, 0.29) is 11.8 Å². The molecule has 4 rings (SSSR count). The Kier molecular flexibility index (Phi) is 9.83. The fourth-order valence-electron chi connectivity index (χ4n) is 5.09. The standard InChI is InChI=1S/C30H38N4O2/c35-29(33-31-21-23-15-17-25-9-7-11-27(25)19-23)13-5-3-1-2-4-6-14-30(36)34-32-22-24-16-18-26-10-8-12-28(26)20-24/h15-22H,1-14H2,(H,33,35)(H,34,36)/b31-21-,32-22-. The molecule has 0 atom stereocenters. The first kappa shape index (κ1) is 25.8. The average molecular weight is 487 g/mol. The molecular weight excluding hydrogens is 448 g/mol. The van der Waals surface area contributed by atoms with Gasteiger partial charge in [0.05, 0.1) is 12.4 Å². The Hall–Kier alpha value is -3.28. The highest BCUT2D eigenvalue weighted by Crippen LogP contribution is 2.23. The van der Waals surface area contributed by atoms with Crippen LogP contribution in [0.2, 0.25) is 0 Å². The molecule has 2 aromatic rings. The zero-order valence-electron chi connectivity index (χ0n) is 21.2. The molecule has 190 valence electrons. The van der Waals surface area contributed by atoms with Crippen molar-refractivity contribution in [3.8, 4) is 0 Å². The third kappa shape index (κ3) is 8.14. The smallest absolute Gasteiger partial charge is 0.240 e. The van der Waals surface area contributed by atoms with Crippen molar-refractivity contribution < 1.29 is 9.59 Å². The second kappa shape index (κ2) is 13.7. The van der Waals surface area contributed by atoms with Gasteiger partial charge in [0.2, 0.25) is 11.8 Å². The molecule has 2 aliphatic rings. The molecule has 0 fully saturated rings. The van der Waals surface area contributed by atoms with Gasteiger partial charge >= 0.3 is 0 Å². The van der Waals surface area contributed by atoms with Crippen molar-refractivity contribution in [1.29, 1.82) is 0 Å². The summed E-state index contributed by atoms with van der Waals surface area (Å²) in [7, 11) is 0. The predicted octanol–water partition coefficient (Wildman–Crippen LogP) is 5.39. The molecule has 6 heteroatoms. The molecule has 0 saturated carbocycles. The Labute approximate surface area is 214 Å². The monoisotopic (exact) mass is 486 g/mol. The zero-order chi connectivity index (χ0) is 25.0. The van der Waals surface area contributed by atoms with Gasteiger partial charge < -0.3 is 0 Å². The Morgan fingerprint density at radius 2 is 1.03 bits per heavy atom. The van der Waals surface area contributed by atoms with Crippen molar-refractivity contribution in [3.63, 3.8) is 0 Å². The van der Waals surface area contributed by atoms with Crippen LogP contribution in [0.15, 0.2) is 46.6 Å². The van der Waals surface area contributed by atoms with Crippen LogP contribution >= 0.6 is 0 Å². The average Bonchev–Trinajstić information content (AvgIpc) is 3.54. The highest BCUT2D eigenvalue weighted by atomic mass is 16.2. The summed E-state index contributed by atoms with van der Waals surface area (Å²) in [5.41, 5.74) is 13.0. The maximum absolute atomic E-state index is 12.0. The van der Waals surface area contributed by atoms with Gasteiger partial charge in [0.25, 0.3) is 0 Å². The molecule has 0 aromatic heterocycles. The minimum absolute atomic E-state index is 0.0375. The van der Waals surface area contributed by atoms with Crippen molar-refractivity contribution >= 4 is 24.2 Å². The Balaban J connectivity index is 0.984. The lowest BCUT2D eigenvalue weighted by molar-refractivity contribution is -0.122. The molecule has 2 amide bonds. The Morgan fingerprint density at radius 3 is 1.50 bits per heavy atom. The number of carbonyl (C=O) groups excluding carboxylic acids is 2. The summed E-state index contributed by atoms with van der Waals surface area (Å²) in [4.78, 5) is 24.0. The van der Waals surface area contributed by atoms with E-state index in [1.54, 1.807) is 12.4 Å². The summed E-state index contributed by atoms with van der Waals surface area (Å²) in [6.07, 6.45) is 17.4. The van der Waals surface area contributed by atoms with Gasteiger partial charge in [-0.15, -0.1) is 0 Å². The third-order valence-corrected chi connectivity index (χ3v) is 7.11. The van der Waals surface area contributed by atoms with Gasteiger partial charge in [0.1, 0.15) is 0 Å². The van der Waals surface area contributed by atoms with Crippen molar-refractivity contribution in [2.75, 3.05) is 0 Å². The van der Waals surface area contributed by atoms with Crippen LogP contribution in [-0.4, -0.2) is 24.2 Å².